The third-order valence-corrected chi connectivity index (χ3v) is 9.36. The van der Waals surface area contributed by atoms with Crippen molar-refractivity contribution in [2.24, 2.45) is 11.8 Å². The molecule has 3 atom stereocenters. The van der Waals surface area contributed by atoms with Crippen LogP contribution in [0.1, 0.15) is 65.0 Å². The van der Waals surface area contributed by atoms with Crippen LogP contribution in [0.3, 0.4) is 0 Å². The molecule has 9 heteroatoms. The third kappa shape index (κ3) is 6.99. The zero-order valence-electron chi connectivity index (χ0n) is 22.8. The van der Waals surface area contributed by atoms with Gasteiger partial charge in [0.05, 0.1) is 18.1 Å². The Kier molecular flexibility index (Phi) is 10.0. The molecule has 0 saturated heterocycles. The van der Waals surface area contributed by atoms with E-state index in [2.05, 4.69) is 32.9 Å². The minimum absolute atomic E-state index is 0.0456. The number of benzene rings is 2. The van der Waals surface area contributed by atoms with Crippen molar-refractivity contribution in [3.05, 3.63) is 81.2 Å². The number of hydrogen-bond acceptors (Lipinski definition) is 7. The van der Waals surface area contributed by atoms with E-state index >= 15 is 0 Å². The summed E-state index contributed by atoms with van der Waals surface area (Å²) in [6.45, 7) is 9.94. The molecule has 38 heavy (non-hydrogen) atoms. The molecule has 206 valence electrons. The van der Waals surface area contributed by atoms with Crippen molar-refractivity contribution in [3.8, 4) is 0 Å². The average molecular weight is 544 g/mol. The highest BCUT2D eigenvalue weighted by Gasteiger charge is 2.44. The van der Waals surface area contributed by atoms with E-state index in [0.717, 1.165) is 18.4 Å². The lowest BCUT2D eigenvalue weighted by molar-refractivity contribution is -0.384. The van der Waals surface area contributed by atoms with Gasteiger partial charge in [0.15, 0.2) is 0 Å². The predicted molar refractivity (Wildman–Crippen MR) is 148 cm³/mol. The minimum atomic E-state index is -4.03. The fourth-order valence-electron chi connectivity index (χ4n) is 5.18. The van der Waals surface area contributed by atoms with Gasteiger partial charge in [0.1, 0.15) is 11.4 Å². The summed E-state index contributed by atoms with van der Waals surface area (Å²) in [6.07, 6.45) is 3.58. The van der Waals surface area contributed by atoms with E-state index in [4.69, 9.17) is 13.8 Å². The fraction of sp³-hybridized carbons (Fsp3) is 0.483. The third-order valence-electron chi connectivity index (χ3n) is 7.27. The van der Waals surface area contributed by atoms with Crippen LogP contribution >= 0.6 is 7.60 Å². The van der Waals surface area contributed by atoms with E-state index in [9.17, 15) is 19.5 Å². The number of non-ortho nitro benzene ring substituents is 1. The number of esters is 1. The topological polar surface area (TPSA) is 105 Å². The molecule has 0 heterocycles. The van der Waals surface area contributed by atoms with Crippen LogP contribution < -0.4 is 0 Å². The number of nitro groups is 1. The molecule has 0 amide bonds. The van der Waals surface area contributed by atoms with Gasteiger partial charge in [-0.2, -0.15) is 0 Å². The maximum atomic E-state index is 13.8. The van der Waals surface area contributed by atoms with Crippen LogP contribution in [0.5, 0.6) is 0 Å². The predicted octanol–water partition coefficient (Wildman–Crippen LogP) is 7.53. The van der Waals surface area contributed by atoms with Gasteiger partial charge < -0.3 is 13.8 Å². The van der Waals surface area contributed by atoms with Crippen LogP contribution in [0.25, 0.3) is 6.08 Å². The van der Waals surface area contributed by atoms with E-state index in [1.807, 2.05) is 18.2 Å². The second-order valence-electron chi connectivity index (χ2n) is 10.3. The Balaban J connectivity index is 2.00. The number of hydrogen-bond donors (Lipinski definition) is 0. The molecule has 0 N–H and O–H groups in total. The molecule has 1 fully saturated rings. The van der Waals surface area contributed by atoms with Gasteiger partial charge in [0.25, 0.3) is 5.69 Å². The van der Waals surface area contributed by atoms with E-state index in [1.165, 1.54) is 30.3 Å². The molecular formula is C29H38NO7P. The first-order chi connectivity index (χ1) is 18.0. The van der Waals surface area contributed by atoms with Gasteiger partial charge in [-0.15, -0.1) is 0 Å². The standard InChI is InChI=1S/C29H38NO7P/c1-6-35-38(34,36-7-2)27(20-22-14-16-24(17-15-22)30(32)33)28(31)37-26-19-21(3)13-18-25(26)29(4,5)23-11-9-8-10-12-23/h8-12,14-17,20-21,25-26H,6-7,13,18-19H2,1-5H3/b27-20-/t21-,25-,26-/m1/s1. The Hall–Kier alpha value is -2.80. The summed E-state index contributed by atoms with van der Waals surface area (Å²) >= 11 is 0. The average Bonchev–Trinajstić information content (AvgIpc) is 2.88. The summed E-state index contributed by atoms with van der Waals surface area (Å²) in [5.41, 5.74) is 1.25. The molecular weight excluding hydrogens is 505 g/mol. The SMILES string of the molecule is CCOP(=O)(OCC)/C(=C\c1ccc([N+](=O)[O-])cc1)C(=O)O[C@@H]1C[C@H](C)CC[C@H]1C(C)(C)c1ccccc1. The molecule has 3 rings (SSSR count). The molecule has 1 aliphatic carbocycles. The second-order valence-corrected chi connectivity index (χ2v) is 12.3. The van der Waals surface area contributed by atoms with Crippen LogP contribution in [0.15, 0.2) is 59.9 Å². The molecule has 2 aromatic rings. The lowest BCUT2D eigenvalue weighted by atomic mass is 9.64. The lowest BCUT2D eigenvalue weighted by Crippen LogP contribution is -2.43. The number of rotatable bonds is 11. The molecule has 8 nitrogen and oxygen atoms in total. The van der Waals surface area contributed by atoms with Crippen molar-refractivity contribution in [2.75, 3.05) is 13.2 Å². The first-order valence-corrected chi connectivity index (χ1v) is 14.7. The fourth-order valence-corrected chi connectivity index (χ4v) is 6.80. The molecule has 1 saturated carbocycles. The molecule has 0 unspecified atom stereocenters. The van der Waals surface area contributed by atoms with Gasteiger partial charge in [-0.05, 0) is 67.4 Å². The minimum Gasteiger partial charge on any atom is -0.458 e. The number of nitrogens with zero attached hydrogens (tertiary/aromatic N) is 1. The summed E-state index contributed by atoms with van der Waals surface area (Å²) in [4.78, 5) is 24.3. The smallest absolute Gasteiger partial charge is 0.368 e. The number of nitro benzene ring substituents is 1. The molecule has 0 radical (unpaired) electrons. The highest BCUT2D eigenvalue weighted by molar-refractivity contribution is 7.60. The second kappa shape index (κ2) is 12.8. The Morgan fingerprint density at radius 2 is 1.66 bits per heavy atom. The molecule has 0 bridgehead atoms. The van der Waals surface area contributed by atoms with Crippen LogP contribution in [0, 0.1) is 22.0 Å². The van der Waals surface area contributed by atoms with Crippen LogP contribution in [-0.4, -0.2) is 30.2 Å². The van der Waals surface area contributed by atoms with Crippen LogP contribution in [0.4, 0.5) is 5.69 Å². The number of ether oxygens (including phenoxy) is 1. The van der Waals surface area contributed by atoms with Gasteiger partial charge in [0, 0.05) is 18.1 Å². The molecule has 0 aromatic heterocycles. The summed E-state index contributed by atoms with van der Waals surface area (Å²) in [5, 5.41) is 10.8. The van der Waals surface area contributed by atoms with Gasteiger partial charge >= 0.3 is 13.6 Å². The van der Waals surface area contributed by atoms with Gasteiger partial charge in [-0.3, -0.25) is 14.7 Å². The summed E-state index contributed by atoms with van der Waals surface area (Å²) < 4.78 is 31.0. The normalized spacial score (nSPS) is 20.7. The number of carbonyl (C=O) groups is 1. The first-order valence-electron chi connectivity index (χ1n) is 13.1. The summed E-state index contributed by atoms with van der Waals surface area (Å²) in [7, 11) is -4.03. The Labute approximate surface area is 225 Å². The van der Waals surface area contributed by atoms with E-state index in [-0.39, 0.29) is 35.5 Å². The van der Waals surface area contributed by atoms with Crippen molar-refractivity contribution >= 4 is 25.3 Å². The van der Waals surface area contributed by atoms with E-state index in [0.29, 0.717) is 17.9 Å². The maximum absolute atomic E-state index is 13.8. The molecule has 0 spiro atoms. The Bertz CT molecular complexity index is 1170. The van der Waals surface area contributed by atoms with Crippen LogP contribution in [0.2, 0.25) is 0 Å². The van der Waals surface area contributed by atoms with Gasteiger partial charge in [-0.25, -0.2) is 4.79 Å². The summed E-state index contributed by atoms with van der Waals surface area (Å²) in [6, 6.07) is 15.8. The van der Waals surface area contributed by atoms with Gasteiger partial charge in [-0.1, -0.05) is 57.5 Å². The Morgan fingerprint density at radius 1 is 1.05 bits per heavy atom. The largest absolute Gasteiger partial charge is 0.458 e. The van der Waals surface area contributed by atoms with E-state index in [1.54, 1.807) is 13.8 Å². The van der Waals surface area contributed by atoms with Crippen molar-refractivity contribution in [2.45, 2.75) is 65.4 Å². The molecule has 0 aliphatic heterocycles. The van der Waals surface area contributed by atoms with Crippen LogP contribution in [-0.2, 0) is 28.6 Å². The van der Waals surface area contributed by atoms with Gasteiger partial charge in [0.2, 0.25) is 0 Å². The van der Waals surface area contributed by atoms with Crippen molar-refractivity contribution in [1.29, 1.82) is 0 Å². The summed E-state index contributed by atoms with van der Waals surface area (Å²) in [5.74, 6) is -0.353. The van der Waals surface area contributed by atoms with Crippen molar-refractivity contribution in [1.82, 2.24) is 0 Å². The Morgan fingerprint density at radius 3 is 2.21 bits per heavy atom. The molecule has 1 aliphatic rings. The zero-order valence-corrected chi connectivity index (χ0v) is 23.7. The highest BCUT2D eigenvalue weighted by atomic mass is 31.2. The zero-order chi connectivity index (χ0) is 27.9. The van der Waals surface area contributed by atoms with Crippen molar-refractivity contribution in [3.63, 3.8) is 0 Å². The maximum Gasteiger partial charge on any atom is 0.368 e. The monoisotopic (exact) mass is 543 g/mol. The quantitative estimate of drug-likeness (QED) is 0.0948. The first kappa shape index (κ1) is 29.8. The number of carbonyl (C=O) groups excluding carboxylic acids is 1. The van der Waals surface area contributed by atoms with E-state index < -0.39 is 24.6 Å². The lowest BCUT2D eigenvalue weighted by Gasteiger charge is -2.44. The molecule has 2 aromatic carbocycles. The highest BCUT2D eigenvalue weighted by Crippen LogP contribution is 2.57. The van der Waals surface area contributed by atoms with Crippen molar-refractivity contribution < 1.29 is 28.1 Å².